The number of halogens is 1. The van der Waals surface area contributed by atoms with Crippen LogP contribution in [0.5, 0.6) is 5.75 Å². The van der Waals surface area contributed by atoms with Gasteiger partial charge in [-0.15, -0.1) is 28.1 Å². The molecule has 0 radical (unpaired) electrons. The molecule has 1 aromatic carbocycles. The lowest BCUT2D eigenvalue weighted by atomic mass is 10.3. The second-order valence-corrected chi connectivity index (χ2v) is 7.88. The van der Waals surface area contributed by atoms with E-state index < -0.39 is 0 Å². The first-order chi connectivity index (χ1) is 14.2. The van der Waals surface area contributed by atoms with Crippen molar-refractivity contribution in [2.24, 2.45) is 0 Å². The highest BCUT2D eigenvalue weighted by Gasteiger charge is 2.14. The van der Waals surface area contributed by atoms with Gasteiger partial charge in [-0.05, 0) is 35.7 Å². The van der Waals surface area contributed by atoms with Crippen LogP contribution in [0.15, 0.2) is 70.2 Å². The smallest absolute Gasteiger partial charge is 0.191 e. The second-order valence-electron chi connectivity index (χ2n) is 5.99. The number of rotatable bonds is 9. The third-order valence-corrected chi connectivity index (χ3v) is 5.84. The fourth-order valence-electron chi connectivity index (χ4n) is 2.58. The van der Waals surface area contributed by atoms with Crippen LogP contribution in [0.3, 0.4) is 0 Å². The first kappa shape index (κ1) is 19.4. The molecule has 0 spiro atoms. The fourth-order valence-corrected chi connectivity index (χ4v) is 4.10. The van der Waals surface area contributed by atoms with Crippen molar-refractivity contribution < 1.29 is 13.7 Å². The Morgan fingerprint density at radius 2 is 2.10 bits per heavy atom. The number of aromatic nitrogens is 4. The van der Waals surface area contributed by atoms with Crippen molar-refractivity contribution in [3.05, 3.63) is 77.8 Å². The van der Waals surface area contributed by atoms with Crippen LogP contribution >= 0.6 is 23.1 Å². The van der Waals surface area contributed by atoms with Crippen LogP contribution in [0.4, 0.5) is 4.39 Å². The molecule has 0 unspecified atom stereocenters. The largest absolute Gasteiger partial charge is 0.486 e. The SMILES string of the molecule is C=CCn1c(COc2ccc(F)cc2)nnc1SCc1cc(-c2cccs2)on1. The maximum Gasteiger partial charge on any atom is 0.191 e. The third-order valence-electron chi connectivity index (χ3n) is 3.96. The van der Waals surface area contributed by atoms with E-state index in [-0.39, 0.29) is 12.4 Å². The van der Waals surface area contributed by atoms with E-state index in [9.17, 15) is 4.39 Å². The van der Waals surface area contributed by atoms with Gasteiger partial charge in [-0.3, -0.25) is 4.57 Å². The van der Waals surface area contributed by atoms with Gasteiger partial charge in [0.1, 0.15) is 18.2 Å². The highest BCUT2D eigenvalue weighted by Crippen LogP contribution is 2.28. The zero-order chi connectivity index (χ0) is 20.1. The molecule has 9 heteroatoms. The van der Waals surface area contributed by atoms with Gasteiger partial charge < -0.3 is 9.26 Å². The monoisotopic (exact) mass is 428 g/mol. The van der Waals surface area contributed by atoms with Crippen LogP contribution in [0, 0.1) is 5.82 Å². The van der Waals surface area contributed by atoms with Gasteiger partial charge in [0.25, 0.3) is 0 Å². The average molecular weight is 429 g/mol. The minimum absolute atomic E-state index is 0.222. The molecule has 0 atom stereocenters. The Morgan fingerprint density at radius 1 is 1.24 bits per heavy atom. The Morgan fingerprint density at radius 3 is 2.86 bits per heavy atom. The first-order valence-corrected chi connectivity index (χ1v) is 10.6. The van der Waals surface area contributed by atoms with E-state index in [2.05, 4.69) is 21.9 Å². The van der Waals surface area contributed by atoms with E-state index in [0.29, 0.717) is 23.9 Å². The van der Waals surface area contributed by atoms with Crippen LogP contribution in [-0.4, -0.2) is 19.9 Å². The fraction of sp³-hybridized carbons (Fsp3) is 0.150. The summed E-state index contributed by atoms with van der Waals surface area (Å²) in [5, 5.41) is 15.4. The first-order valence-electron chi connectivity index (χ1n) is 8.76. The number of benzene rings is 1. The Balaban J connectivity index is 1.42. The molecule has 0 aliphatic rings. The summed E-state index contributed by atoms with van der Waals surface area (Å²) < 4.78 is 26.1. The maximum atomic E-state index is 13.0. The summed E-state index contributed by atoms with van der Waals surface area (Å²) in [7, 11) is 0. The van der Waals surface area contributed by atoms with Gasteiger partial charge in [0, 0.05) is 18.4 Å². The number of hydrogen-bond donors (Lipinski definition) is 0. The molecule has 4 aromatic rings. The van der Waals surface area contributed by atoms with Crippen LogP contribution < -0.4 is 4.74 Å². The molecule has 0 aliphatic heterocycles. The summed E-state index contributed by atoms with van der Waals surface area (Å²) >= 11 is 3.12. The van der Waals surface area contributed by atoms with Crippen LogP contribution in [0.1, 0.15) is 11.5 Å². The number of hydrogen-bond acceptors (Lipinski definition) is 7. The van der Waals surface area contributed by atoms with Gasteiger partial charge in [0.15, 0.2) is 16.7 Å². The molecule has 0 saturated heterocycles. The molecule has 6 nitrogen and oxygen atoms in total. The topological polar surface area (TPSA) is 66.0 Å². The third kappa shape index (κ3) is 4.75. The van der Waals surface area contributed by atoms with Crippen molar-refractivity contribution in [2.45, 2.75) is 24.1 Å². The predicted octanol–water partition coefficient (Wildman–Crippen LogP) is 5.19. The summed E-state index contributed by atoms with van der Waals surface area (Å²) in [6.45, 7) is 4.58. The van der Waals surface area contributed by atoms with Crippen molar-refractivity contribution in [3.63, 3.8) is 0 Å². The molecule has 0 aliphatic carbocycles. The maximum absolute atomic E-state index is 13.0. The highest BCUT2D eigenvalue weighted by molar-refractivity contribution is 7.98. The van der Waals surface area contributed by atoms with Crippen LogP contribution in [0.25, 0.3) is 10.6 Å². The lowest BCUT2D eigenvalue weighted by Gasteiger charge is -2.08. The Kier molecular flexibility index (Phi) is 6.06. The number of ether oxygens (including phenoxy) is 1. The molecule has 0 saturated carbocycles. The number of nitrogens with zero attached hydrogens (tertiary/aromatic N) is 4. The lowest BCUT2D eigenvalue weighted by Crippen LogP contribution is -2.07. The van der Waals surface area contributed by atoms with Crippen molar-refractivity contribution in [2.75, 3.05) is 0 Å². The zero-order valence-electron chi connectivity index (χ0n) is 15.3. The molecular formula is C20H17FN4O2S2. The van der Waals surface area contributed by atoms with Crippen LogP contribution in [-0.2, 0) is 18.9 Å². The van der Waals surface area contributed by atoms with Gasteiger partial charge in [-0.25, -0.2) is 4.39 Å². The summed E-state index contributed by atoms with van der Waals surface area (Å²) in [5.41, 5.74) is 0.829. The molecule has 3 heterocycles. The molecule has 0 bridgehead atoms. The van der Waals surface area contributed by atoms with Gasteiger partial charge in [0.2, 0.25) is 0 Å². The number of thioether (sulfide) groups is 1. The summed E-state index contributed by atoms with van der Waals surface area (Å²) in [6, 6.07) is 11.8. The minimum Gasteiger partial charge on any atom is -0.486 e. The molecule has 148 valence electrons. The van der Waals surface area contributed by atoms with Crippen molar-refractivity contribution in [3.8, 4) is 16.4 Å². The van der Waals surface area contributed by atoms with Crippen molar-refractivity contribution >= 4 is 23.1 Å². The summed E-state index contributed by atoms with van der Waals surface area (Å²) in [5.74, 6) is 2.29. The summed E-state index contributed by atoms with van der Waals surface area (Å²) in [4.78, 5) is 1.05. The molecule has 0 fully saturated rings. The number of thiophene rings is 1. The second kappa shape index (κ2) is 9.06. The van der Waals surface area contributed by atoms with E-state index in [0.717, 1.165) is 21.5 Å². The molecule has 3 aromatic heterocycles. The van der Waals surface area contributed by atoms with Gasteiger partial charge in [-0.2, -0.15) is 0 Å². The Bertz CT molecular complexity index is 1070. The molecule has 0 amide bonds. The minimum atomic E-state index is -0.305. The predicted molar refractivity (Wildman–Crippen MR) is 110 cm³/mol. The average Bonchev–Trinajstić information content (AvgIpc) is 3.48. The highest BCUT2D eigenvalue weighted by atomic mass is 32.2. The van der Waals surface area contributed by atoms with Gasteiger partial charge in [-0.1, -0.05) is 29.1 Å². The summed E-state index contributed by atoms with van der Waals surface area (Å²) in [6.07, 6.45) is 1.78. The van der Waals surface area contributed by atoms with E-state index >= 15 is 0 Å². The van der Waals surface area contributed by atoms with Gasteiger partial charge >= 0.3 is 0 Å². The van der Waals surface area contributed by atoms with E-state index in [1.807, 2.05) is 28.1 Å². The number of allylic oxidation sites excluding steroid dienone is 1. The van der Waals surface area contributed by atoms with E-state index in [1.165, 1.54) is 23.9 Å². The lowest BCUT2D eigenvalue weighted by molar-refractivity contribution is 0.288. The molecule has 0 N–H and O–H groups in total. The quantitative estimate of drug-likeness (QED) is 0.270. The normalized spacial score (nSPS) is 10.9. The van der Waals surface area contributed by atoms with Gasteiger partial charge in [0.05, 0.1) is 10.6 Å². The van der Waals surface area contributed by atoms with Crippen molar-refractivity contribution in [1.82, 2.24) is 19.9 Å². The zero-order valence-corrected chi connectivity index (χ0v) is 17.0. The van der Waals surface area contributed by atoms with E-state index in [4.69, 9.17) is 9.26 Å². The molecular weight excluding hydrogens is 411 g/mol. The van der Waals surface area contributed by atoms with Crippen molar-refractivity contribution in [1.29, 1.82) is 0 Å². The Labute approximate surface area is 175 Å². The standard InChI is InChI=1S/C20H17FN4O2S2/c1-2-9-25-19(12-26-16-7-5-14(21)6-8-16)22-23-20(25)29-13-15-11-17(27-24-15)18-4-3-10-28-18/h2-8,10-11H,1,9,12-13H2. The van der Waals surface area contributed by atoms with E-state index in [1.54, 1.807) is 29.5 Å². The Hall–Kier alpha value is -2.91. The van der Waals surface area contributed by atoms with Crippen LogP contribution in [0.2, 0.25) is 0 Å². The molecule has 4 rings (SSSR count). The molecule has 29 heavy (non-hydrogen) atoms.